The van der Waals surface area contributed by atoms with Crippen LogP contribution < -0.4 is 10.5 Å². The van der Waals surface area contributed by atoms with Crippen molar-refractivity contribution in [2.45, 2.75) is 38.6 Å². The molecular weight excluding hydrogens is 294 g/mol. The number of alkyl halides is 1. The Morgan fingerprint density at radius 2 is 2.00 bits per heavy atom. The van der Waals surface area contributed by atoms with Crippen LogP contribution in [0.5, 0.6) is 0 Å². The van der Waals surface area contributed by atoms with E-state index in [1.807, 2.05) is 6.20 Å². The van der Waals surface area contributed by atoms with Crippen molar-refractivity contribution in [2.24, 2.45) is 0 Å². The van der Waals surface area contributed by atoms with Gasteiger partial charge in [-0.15, -0.1) is 0 Å². The molecule has 0 atom stereocenters. The third-order valence-corrected chi connectivity index (χ3v) is 3.89. The number of hydrogen-bond donors (Lipinski definition) is 0. The van der Waals surface area contributed by atoms with Gasteiger partial charge in [-0.25, -0.2) is 4.68 Å². The van der Waals surface area contributed by atoms with Gasteiger partial charge in [0.1, 0.15) is 0 Å². The lowest BCUT2D eigenvalue weighted by molar-refractivity contribution is 0.529. The summed E-state index contributed by atoms with van der Waals surface area (Å²) in [5.74, 6) is 0. The Labute approximate surface area is 116 Å². The number of halogens is 1. The quantitative estimate of drug-likeness (QED) is 0.598. The van der Waals surface area contributed by atoms with E-state index in [1.165, 1.54) is 12.8 Å². The largest absolute Gasteiger partial charge is 0.370 e. The minimum Gasteiger partial charge on any atom is -0.370 e. The van der Waals surface area contributed by atoms with Gasteiger partial charge in [0.15, 0.2) is 0 Å². The molecule has 0 spiro atoms. The summed E-state index contributed by atoms with van der Waals surface area (Å²) in [6, 6.07) is 1.73. The smallest absolute Gasteiger partial charge is 0.268 e. The zero-order valence-electron chi connectivity index (χ0n) is 10.6. The van der Waals surface area contributed by atoms with Crippen LogP contribution in [-0.2, 0) is 6.54 Å². The maximum Gasteiger partial charge on any atom is 0.268 e. The fraction of sp³-hybridized carbons (Fsp3) is 0.692. The number of aromatic nitrogens is 2. The molecule has 100 valence electrons. The van der Waals surface area contributed by atoms with E-state index in [0.717, 1.165) is 49.9 Å². The summed E-state index contributed by atoms with van der Waals surface area (Å²) in [6.45, 7) is 2.83. The Hall–Kier alpha value is -0.840. The van der Waals surface area contributed by atoms with E-state index in [9.17, 15) is 4.79 Å². The van der Waals surface area contributed by atoms with Gasteiger partial charge in [0.25, 0.3) is 5.56 Å². The molecule has 1 fully saturated rings. The first-order valence-electron chi connectivity index (χ1n) is 6.69. The number of unbranched alkanes of at least 4 members (excludes halogenated alkanes) is 2. The van der Waals surface area contributed by atoms with Crippen molar-refractivity contribution in [2.75, 3.05) is 23.3 Å². The van der Waals surface area contributed by atoms with E-state index in [2.05, 4.69) is 25.9 Å². The molecule has 5 heteroatoms. The Balaban J connectivity index is 1.94. The van der Waals surface area contributed by atoms with Crippen molar-refractivity contribution < 1.29 is 0 Å². The molecule has 2 rings (SSSR count). The third kappa shape index (κ3) is 3.57. The number of rotatable bonds is 6. The van der Waals surface area contributed by atoms with Gasteiger partial charge < -0.3 is 4.90 Å². The molecule has 0 N–H and O–H groups in total. The highest BCUT2D eigenvalue weighted by molar-refractivity contribution is 9.09. The van der Waals surface area contributed by atoms with Crippen LogP contribution >= 0.6 is 15.9 Å². The maximum atomic E-state index is 11.9. The van der Waals surface area contributed by atoms with Gasteiger partial charge in [0.2, 0.25) is 0 Å². The number of anilines is 1. The van der Waals surface area contributed by atoms with E-state index in [-0.39, 0.29) is 5.56 Å². The Kier molecular flexibility index (Phi) is 5.23. The van der Waals surface area contributed by atoms with Crippen molar-refractivity contribution in [3.05, 3.63) is 22.6 Å². The molecule has 4 nitrogen and oxygen atoms in total. The second kappa shape index (κ2) is 6.92. The molecule has 0 aliphatic carbocycles. The fourth-order valence-electron chi connectivity index (χ4n) is 2.27. The van der Waals surface area contributed by atoms with Crippen molar-refractivity contribution in [1.29, 1.82) is 0 Å². The molecule has 0 radical (unpaired) electrons. The predicted molar refractivity (Wildman–Crippen MR) is 77.6 cm³/mol. The first-order valence-corrected chi connectivity index (χ1v) is 7.81. The molecule has 2 heterocycles. The highest BCUT2D eigenvalue weighted by atomic mass is 79.9. The van der Waals surface area contributed by atoms with Gasteiger partial charge >= 0.3 is 0 Å². The number of nitrogens with zero attached hydrogens (tertiary/aromatic N) is 3. The zero-order chi connectivity index (χ0) is 12.8. The Morgan fingerprint density at radius 1 is 1.22 bits per heavy atom. The summed E-state index contributed by atoms with van der Waals surface area (Å²) in [7, 11) is 0. The Morgan fingerprint density at radius 3 is 2.67 bits per heavy atom. The van der Waals surface area contributed by atoms with E-state index in [0.29, 0.717) is 0 Å². The lowest BCUT2D eigenvalue weighted by Gasteiger charge is -2.17. The van der Waals surface area contributed by atoms with Gasteiger partial charge in [-0.2, -0.15) is 5.10 Å². The highest BCUT2D eigenvalue weighted by Gasteiger charge is 2.13. The minimum absolute atomic E-state index is 0.0262. The monoisotopic (exact) mass is 313 g/mol. The van der Waals surface area contributed by atoms with Gasteiger partial charge in [0, 0.05) is 31.0 Å². The molecule has 0 saturated carbocycles. The van der Waals surface area contributed by atoms with Crippen LogP contribution in [0.1, 0.15) is 32.1 Å². The van der Waals surface area contributed by atoms with Crippen LogP contribution in [0.25, 0.3) is 0 Å². The summed E-state index contributed by atoms with van der Waals surface area (Å²) in [5, 5.41) is 5.30. The first kappa shape index (κ1) is 13.6. The Bertz CT molecular complexity index is 426. The normalized spacial score (nSPS) is 15.3. The van der Waals surface area contributed by atoms with Crippen LogP contribution in [0, 0.1) is 0 Å². The molecule has 0 aromatic carbocycles. The molecule has 1 aliphatic heterocycles. The molecule has 0 bridgehead atoms. The number of hydrogen-bond acceptors (Lipinski definition) is 3. The average molecular weight is 314 g/mol. The van der Waals surface area contributed by atoms with Crippen LogP contribution in [0.2, 0.25) is 0 Å². The van der Waals surface area contributed by atoms with Gasteiger partial charge in [-0.1, -0.05) is 22.4 Å². The number of aryl methyl sites for hydroxylation is 1. The zero-order valence-corrected chi connectivity index (χ0v) is 12.2. The minimum atomic E-state index is 0.0262. The summed E-state index contributed by atoms with van der Waals surface area (Å²) in [4.78, 5) is 14.2. The van der Waals surface area contributed by atoms with Crippen molar-refractivity contribution in [3.8, 4) is 0 Å². The van der Waals surface area contributed by atoms with E-state index < -0.39 is 0 Å². The molecule has 1 aromatic rings. The summed E-state index contributed by atoms with van der Waals surface area (Å²) < 4.78 is 1.58. The van der Waals surface area contributed by atoms with Crippen molar-refractivity contribution >= 4 is 21.6 Å². The van der Waals surface area contributed by atoms with E-state index >= 15 is 0 Å². The molecule has 18 heavy (non-hydrogen) atoms. The molecule has 0 unspecified atom stereocenters. The average Bonchev–Trinajstić information content (AvgIpc) is 2.90. The maximum absolute atomic E-state index is 11.9. The molecule has 1 aliphatic rings. The standard InChI is InChI=1S/C13H20BrN3O/c14-6-2-1-3-9-17-13(18)10-12(11-15-17)16-7-4-5-8-16/h10-11H,1-9H2. The van der Waals surface area contributed by atoms with Crippen LogP contribution in [-0.4, -0.2) is 28.2 Å². The van der Waals surface area contributed by atoms with Crippen LogP contribution in [0.4, 0.5) is 5.69 Å². The van der Waals surface area contributed by atoms with Gasteiger partial charge in [0.05, 0.1) is 11.9 Å². The predicted octanol–water partition coefficient (Wildman–Crippen LogP) is 2.41. The topological polar surface area (TPSA) is 38.1 Å². The van der Waals surface area contributed by atoms with Crippen LogP contribution in [0.3, 0.4) is 0 Å². The summed E-state index contributed by atoms with van der Waals surface area (Å²) in [5.41, 5.74) is 1.01. The lowest BCUT2D eigenvalue weighted by Crippen LogP contribution is -2.26. The van der Waals surface area contributed by atoms with Crippen molar-refractivity contribution in [3.63, 3.8) is 0 Å². The molecule has 1 aromatic heterocycles. The lowest BCUT2D eigenvalue weighted by atomic mass is 10.2. The molecule has 1 saturated heterocycles. The van der Waals surface area contributed by atoms with E-state index in [4.69, 9.17) is 0 Å². The van der Waals surface area contributed by atoms with E-state index in [1.54, 1.807) is 10.7 Å². The summed E-state index contributed by atoms with van der Waals surface area (Å²) >= 11 is 3.41. The first-order chi connectivity index (χ1) is 8.81. The second-order valence-corrected chi connectivity index (χ2v) is 5.51. The molecule has 0 amide bonds. The van der Waals surface area contributed by atoms with Gasteiger partial charge in [-0.05, 0) is 25.7 Å². The molecular formula is C13H20BrN3O. The summed E-state index contributed by atoms with van der Waals surface area (Å²) in [6.07, 6.45) is 7.57. The second-order valence-electron chi connectivity index (χ2n) is 4.72. The SMILES string of the molecule is O=c1cc(N2CCCC2)cnn1CCCCCBr. The third-order valence-electron chi connectivity index (χ3n) is 3.33. The highest BCUT2D eigenvalue weighted by Crippen LogP contribution is 2.16. The van der Waals surface area contributed by atoms with Crippen molar-refractivity contribution in [1.82, 2.24) is 9.78 Å². The van der Waals surface area contributed by atoms with Crippen LogP contribution in [0.15, 0.2) is 17.1 Å². The van der Waals surface area contributed by atoms with Gasteiger partial charge in [-0.3, -0.25) is 4.79 Å². The fourth-order valence-corrected chi connectivity index (χ4v) is 2.67.